The first-order chi connectivity index (χ1) is 15.3. The van der Waals surface area contributed by atoms with Gasteiger partial charge in [-0.25, -0.2) is 9.97 Å². The molecule has 6 heteroatoms. The second-order valence-electron chi connectivity index (χ2n) is 7.78. The molecule has 6 nitrogen and oxygen atoms in total. The van der Waals surface area contributed by atoms with Crippen LogP contribution in [-0.4, -0.2) is 21.1 Å². The number of aromatic nitrogens is 3. The quantitative estimate of drug-likeness (QED) is 0.435. The molecule has 4 aromatic rings. The minimum Gasteiger partial charge on any atom is -0.494 e. The average molecular weight is 409 g/mol. The number of nitrogens with one attached hydrogen (secondary N) is 1. The summed E-state index contributed by atoms with van der Waals surface area (Å²) >= 11 is 0. The summed E-state index contributed by atoms with van der Waals surface area (Å²) in [6, 6.07) is 18.4. The highest BCUT2D eigenvalue weighted by molar-refractivity contribution is 5.95. The molecular formula is C25H23N5O. The van der Waals surface area contributed by atoms with Crippen molar-refractivity contribution in [2.75, 3.05) is 11.9 Å². The Kier molecular flexibility index (Phi) is 5.01. The number of nitriles is 1. The maximum Gasteiger partial charge on any atom is 0.227 e. The Balaban J connectivity index is 1.58. The molecule has 0 saturated heterocycles. The minimum atomic E-state index is 0.555. The Morgan fingerprint density at radius 3 is 2.58 bits per heavy atom. The van der Waals surface area contributed by atoms with E-state index in [4.69, 9.17) is 4.74 Å². The van der Waals surface area contributed by atoms with Gasteiger partial charge < -0.3 is 14.6 Å². The van der Waals surface area contributed by atoms with Gasteiger partial charge in [0.05, 0.1) is 23.4 Å². The number of benzene rings is 2. The molecule has 1 N–H and O–H groups in total. The third kappa shape index (κ3) is 3.82. The van der Waals surface area contributed by atoms with Gasteiger partial charge in [-0.05, 0) is 61.6 Å². The van der Waals surface area contributed by atoms with Crippen LogP contribution < -0.4 is 10.1 Å². The summed E-state index contributed by atoms with van der Waals surface area (Å²) in [5.41, 5.74) is 4.67. The number of hydrogen-bond donors (Lipinski definition) is 1. The number of hydrogen-bond acceptors (Lipinski definition) is 5. The van der Waals surface area contributed by atoms with Gasteiger partial charge in [0, 0.05) is 36.1 Å². The van der Waals surface area contributed by atoms with Gasteiger partial charge in [-0.2, -0.15) is 5.26 Å². The lowest BCUT2D eigenvalue weighted by molar-refractivity contribution is 0.340. The summed E-state index contributed by atoms with van der Waals surface area (Å²) in [5, 5.41) is 14.2. The lowest BCUT2D eigenvalue weighted by atomic mass is 10.1. The summed E-state index contributed by atoms with van der Waals surface area (Å²) in [5.74, 6) is 2.06. The summed E-state index contributed by atoms with van der Waals surface area (Å²) in [4.78, 5) is 8.41. The number of nitrogens with zero attached hydrogens (tertiary/aromatic N) is 4. The minimum absolute atomic E-state index is 0.555. The highest BCUT2D eigenvalue weighted by Crippen LogP contribution is 2.39. The zero-order valence-electron chi connectivity index (χ0n) is 17.4. The zero-order chi connectivity index (χ0) is 21.2. The molecule has 0 atom stereocenters. The molecule has 2 aromatic heterocycles. The van der Waals surface area contributed by atoms with Crippen LogP contribution >= 0.6 is 0 Å². The lowest BCUT2D eigenvalue weighted by Crippen LogP contribution is -2.03. The van der Waals surface area contributed by atoms with Gasteiger partial charge >= 0.3 is 0 Å². The molecule has 0 spiro atoms. The van der Waals surface area contributed by atoms with Crippen molar-refractivity contribution in [3.05, 3.63) is 66.5 Å². The van der Waals surface area contributed by atoms with Gasteiger partial charge in [-0.3, -0.25) is 0 Å². The largest absolute Gasteiger partial charge is 0.494 e. The zero-order valence-corrected chi connectivity index (χ0v) is 17.4. The fourth-order valence-electron chi connectivity index (χ4n) is 3.95. The van der Waals surface area contributed by atoms with Gasteiger partial charge in [0.1, 0.15) is 11.8 Å². The molecule has 154 valence electrons. The highest BCUT2D eigenvalue weighted by Gasteiger charge is 2.26. The Bertz CT molecular complexity index is 1250. The molecular weight excluding hydrogens is 386 g/mol. The molecule has 0 radical (unpaired) electrons. The van der Waals surface area contributed by atoms with Gasteiger partial charge in [0.25, 0.3) is 0 Å². The maximum absolute atomic E-state index is 10.0. The third-order valence-corrected chi connectivity index (χ3v) is 5.58. The van der Waals surface area contributed by atoms with E-state index in [1.807, 2.05) is 43.3 Å². The number of rotatable bonds is 7. The van der Waals surface area contributed by atoms with Gasteiger partial charge in [0.2, 0.25) is 5.95 Å². The van der Waals surface area contributed by atoms with Crippen molar-refractivity contribution in [1.29, 1.82) is 5.26 Å². The fourth-order valence-corrected chi connectivity index (χ4v) is 3.95. The van der Waals surface area contributed by atoms with E-state index in [2.05, 4.69) is 32.0 Å². The summed E-state index contributed by atoms with van der Waals surface area (Å²) < 4.78 is 8.04. The second kappa shape index (κ2) is 8.11. The van der Waals surface area contributed by atoms with E-state index in [0.29, 0.717) is 24.0 Å². The van der Waals surface area contributed by atoms with Crippen LogP contribution in [-0.2, 0) is 6.54 Å². The molecule has 2 aromatic carbocycles. The van der Waals surface area contributed by atoms with Crippen molar-refractivity contribution < 1.29 is 4.74 Å². The number of ether oxygens (including phenoxy) is 1. The Morgan fingerprint density at radius 1 is 1.13 bits per heavy atom. The topological polar surface area (TPSA) is 75.8 Å². The normalized spacial score (nSPS) is 13.2. The molecule has 0 aliphatic heterocycles. The Morgan fingerprint density at radius 2 is 1.90 bits per heavy atom. The molecule has 0 unspecified atom stereocenters. The molecule has 2 heterocycles. The predicted octanol–water partition coefficient (Wildman–Crippen LogP) is 5.52. The van der Waals surface area contributed by atoms with Crippen molar-refractivity contribution in [3.63, 3.8) is 0 Å². The van der Waals surface area contributed by atoms with E-state index in [1.165, 1.54) is 12.8 Å². The first-order valence-corrected chi connectivity index (χ1v) is 10.6. The SMILES string of the molecule is CCOc1ccc2c(C#N)c(-c3ccc(Nc4ncccn4)cc3)n(CC3CC3)c2c1. The van der Waals surface area contributed by atoms with Crippen molar-refractivity contribution in [2.45, 2.75) is 26.3 Å². The molecule has 0 amide bonds. The van der Waals surface area contributed by atoms with E-state index in [1.54, 1.807) is 18.5 Å². The molecule has 0 bridgehead atoms. The lowest BCUT2D eigenvalue weighted by Gasteiger charge is -2.12. The third-order valence-electron chi connectivity index (χ3n) is 5.58. The number of anilines is 2. The van der Waals surface area contributed by atoms with Gasteiger partial charge in [0.15, 0.2) is 0 Å². The Labute approximate surface area is 181 Å². The fraction of sp³-hybridized carbons (Fsp3) is 0.240. The van der Waals surface area contributed by atoms with Crippen LogP contribution in [0.5, 0.6) is 5.75 Å². The first-order valence-electron chi connectivity index (χ1n) is 10.6. The van der Waals surface area contributed by atoms with Crippen LogP contribution in [0.1, 0.15) is 25.3 Å². The van der Waals surface area contributed by atoms with Gasteiger partial charge in [-0.1, -0.05) is 12.1 Å². The summed E-state index contributed by atoms with van der Waals surface area (Å²) in [6.45, 7) is 3.52. The maximum atomic E-state index is 10.0. The smallest absolute Gasteiger partial charge is 0.227 e. The molecule has 31 heavy (non-hydrogen) atoms. The van der Waals surface area contributed by atoms with E-state index >= 15 is 0 Å². The molecule has 5 rings (SSSR count). The van der Waals surface area contributed by atoms with Crippen LogP contribution in [0.2, 0.25) is 0 Å². The van der Waals surface area contributed by atoms with Crippen molar-refractivity contribution in [3.8, 4) is 23.1 Å². The van der Waals surface area contributed by atoms with Crippen LogP contribution in [0.25, 0.3) is 22.2 Å². The summed E-state index contributed by atoms with van der Waals surface area (Å²) in [7, 11) is 0. The van der Waals surface area contributed by atoms with Crippen LogP contribution in [0.15, 0.2) is 60.9 Å². The van der Waals surface area contributed by atoms with Crippen molar-refractivity contribution in [2.24, 2.45) is 5.92 Å². The van der Waals surface area contributed by atoms with E-state index in [-0.39, 0.29) is 0 Å². The molecule has 1 fully saturated rings. The molecule has 1 aliphatic carbocycles. The van der Waals surface area contributed by atoms with E-state index in [0.717, 1.165) is 40.1 Å². The van der Waals surface area contributed by atoms with Crippen LogP contribution in [0, 0.1) is 17.2 Å². The van der Waals surface area contributed by atoms with Crippen LogP contribution in [0.4, 0.5) is 11.6 Å². The van der Waals surface area contributed by atoms with E-state index < -0.39 is 0 Å². The second-order valence-corrected chi connectivity index (χ2v) is 7.78. The van der Waals surface area contributed by atoms with Gasteiger partial charge in [-0.15, -0.1) is 0 Å². The first kappa shape index (κ1) is 19.1. The number of fused-ring (bicyclic) bond motifs is 1. The van der Waals surface area contributed by atoms with E-state index in [9.17, 15) is 5.26 Å². The van der Waals surface area contributed by atoms with Crippen molar-refractivity contribution in [1.82, 2.24) is 14.5 Å². The standard InChI is InChI=1S/C25H23N5O/c1-2-31-20-10-11-21-22(15-26)24(30(23(21)14-20)16-17-4-5-17)18-6-8-19(9-7-18)29-25-27-12-3-13-28-25/h3,6-14,17H,2,4-5,16H2,1H3,(H,27,28,29). The van der Waals surface area contributed by atoms with Crippen molar-refractivity contribution >= 4 is 22.5 Å². The highest BCUT2D eigenvalue weighted by atomic mass is 16.5. The monoisotopic (exact) mass is 409 g/mol. The molecule has 1 aliphatic rings. The average Bonchev–Trinajstić information content (AvgIpc) is 3.57. The Hall–Kier alpha value is -3.85. The predicted molar refractivity (Wildman–Crippen MR) is 121 cm³/mol. The summed E-state index contributed by atoms with van der Waals surface area (Å²) in [6.07, 6.45) is 5.89. The van der Waals surface area contributed by atoms with Crippen LogP contribution in [0.3, 0.4) is 0 Å². The molecule has 1 saturated carbocycles.